The summed E-state index contributed by atoms with van der Waals surface area (Å²) in [7, 11) is 0. The van der Waals surface area contributed by atoms with E-state index < -0.39 is 0 Å². The van der Waals surface area contributed by atoms with E-state index in [-0.39, 0.29) is 0 Å². The van der Waals surface area contributed by atoms with Crippen LogP contribution >= 0.6 is 31.9 Å². The van der Waals surface area contributed by atoms with Crippen LogP contribution in [0.1, 0.15) is 57.6 Å². The average molecular weight is 363 g/mol. The van der Waals surface area contributed by atoms with Gasteiger partial charge in [-0.1, -0.05) is 45.4 Å². The van der Waals surface area contributed by atoms with Crippen LogP contribution in [0.4, 0.5) is 0 Å². The molecule has 0 amide bonds. The lowest BCUT2D eigenvalue weighted by Crippen LogP contribution is -1.93. The van der Waals surface area contributed by atoms with E-state index in [9.17, 15) is 0 Å². The first-order chi connectivity index (χ1) is 8.24. The molecule has 1 rings (SSSR count). The highest BCUT2D eigenvalue weighted by molar-refractivity contribution is 9.11. The molecule has 0 bridgehead atoms. The molecule has 0 saturated heterocycles. The lowest BCUT2D eigenvalue weighted by molar-refractivity contribution is 0.587. The molecule has 0 N–H and O–H groups in total. The minimum absolute atomic E-state index is 0.929. The maximum absolute atomic E-state index is 4.49. The molecule has 0 fully saturated rings. The molecule has 0 aliphatic rings. The Labute approximate surface area is 122 Å². The standard InChI is InChI=1S/C14H21Br2N/c1-2-3-4-5-6-7-8-9-13-12(15)10-11-14(16)17-13/h10-11H,2-9H2,1H3. The molecule has 1 aromatic heterocycles. The molecular formula is C14H21Br2N. The molecule has 0 spiro atoms. The van der Waals surface area contributed by atoms with Gasteiger partial charge in [-0.05, 0) is 56.8 Å². The second-order valence-corrected chi connectivity index (χ2v) is 6.10. The van der Waals surface area contributed by atoms with Gasteiger partial charge in [-0.2, -0.15) is 0 Å². The number of pyridine rings is 1. The lowest BCUT2D eigenvalue weighted by Gasteiger charge is -2.04. The van der Waals surface area contributed by atoms with Gasteiger partial charge in [0.15, 0.2) is 0 Å². The zero-order valence-corrected chi connectivity index (χ0v) is 13.7. The Morgan fingerprint density at radius 2 is 1.59 bits per heavy atom. The van der Waals surface area contributed by atoms with Crippen molar-refractivity contribution in [1.82, 2.24) is 4.98 Å². The third-order valence-electron chi connectivity index (χ3n) is 2.90. The molecule has 96 valence electrons. The number of halogens is 2. The zero-order valence-electron chi connectivity index (χ0n) is 10.5. The highest BCUT2D eigenvalue weighted by Crippen LogP contribution is 2.20. The second-order valence-electron chi connectivity index (χ2n) is 4.43. The van der Waals surface area contributed by atoms with Gasteiger partial charge in [0.05, 0.1) is 5.69 Å². The zero-order chi connectivity index (χ0) is 12.5. The predicted octanol–water partition coefficient (Wildman–Crippen LogP) is 5.90. The van der Waals surface area contributed by atoms with E-state index >= 15 is 0 Å². The first-order valence-electron chi connectivity index (χ1n) is 6.55. The third kappa shape index (κ3) is 6.56. The molecule has 1 nitrogen and oxygen atoms in total. The minimum Gasteiger partial charge on any atom is -0.245 e. The van der Waals surface area contributed by atoms with Gasteiger partial charge in [-0.15, -0.1) is 0 Å². The number of nitrogens with zero attached hydrogens (tertiary/aromatic N) is 1. The minimum atomic E-state index is 0.929. The monoisotopic (exact) mass is 361 g/mol. The summed E-state index contributed by atoms with van der Waals surface area (Å²) in [6.07, 6.45) is 10.5. The maximum Gasteiger partial charge on any atom is 0.106 e. The molecule has 1 aromatic rings. The van der Waals surface area contributed by atoms with Gasteiger partial charge in [0.2, 0.25) is 0 Å². The van der Waals surface area contributed by atoms with Crippen molar-refractivity contribution in [2.45, 2.75) is 58.3 Å². The Morgan fingerprint density at radius 3 is 2.29 bits per heavy atom. The molecule has 0 aliphatic heterocycles. The van der Waals surface area contributed by atoms with Crippen molar-refractivity contribution in [1.29, 1.82) is 0 Å². The van der Waals surface area contributed by atoms with Crippen LogP contribution in [0, 0.1) is 0 Å². The quantitative estimate of drug-likeness (QED) is 0.414. The Balaban J connectivity index is 2.15. The van der Waals surface area contributed by atoms with Crippen LogP contribution in [0.25, 0.3) is 0 Å². The first kappa shape index (κ1) is 15.2. The highest BCUT2D eigenvalue weighted by Gasteiger charge is 2.02. The largest absolute Gasteiger partial charge is 0.245 e. The van der Waals surface area contributed by atoms with Crippen molar-refractivity contribution >= 4 is 31.9 Å². The molecule has 1 heterocycles. The molecule has 0 atom stereocenters. The summed E-state index contributed by atoms with van der Waals surface area (Å²) in [6.45, 7) is 2.26. The van der Waals surface area contributed by atoms with Crippen LogP contribution < -0.4 is 0 Å². The van der Waals surface area contributed by atoms with Gasteiger partial charge in [-0.3, -0.25) is 0 Å². The fourth-order valence-electron chi connectivity index (χ4n) is 1.88. The summed E-state index contributed by atoms with van der Waals surface area (Å²) in [4.78, 5) is 4.49. The molecule has 0 saturated carbocycles. The van der Waals surface area contributed by atoms with Gasteiger partial charge < -0.3 is 0 Å². The predicted molar refractivity (Wildman–Crippen MR) is 81.3 cm³/mol. The van der Waals surface area contributed by atoms with E-state index in [0.29, 0.717) is 0 Å². The molecule has 0 unspecified atom stereocenters. The van der Waals surface area contributed by atoms with Gasteiger partial charge in [0.25, 0.3) is 0 Å². The van der Waals surface area contributed by atoms with Gasteiger partial charge in [0.1, 0.15) is 4.60 Å². The van der Waals surface area contributed by atoms with Crippen molar-refractivity contribution in [2.24, 2.45) is 0 Å². The van der Waals surface area contributed by atoms with Gasteiger partial charge >= 0.3 is 0 Å². The summed E-state index contributed by atoms with van der Waals surface area (Å²) in [6, 6.07) is 4.03. The molecule has 17 heavy (non-hydrogen) atoms. The topological polar surface area (TPSA) is 12.9 Å². The van der Waals surface area contributed by atoms with Crippen molar-refractivity contribution in [2.75, 3.05) is 0 Å². The van der Waals surface area contributed by atoms with Crippen molar-refractivity contribution in [3.05, 3.63) is 26.9 Å². The van der Waals surface area contributed by atoms with Crippen molar-refractivity contribution in [3.63, 3.8) is 0 Å². The van der Waals surface area contributed by atoms with Crippen LogP contribution in [-0.4, -0.2) is 4.98 Å². The summed E-state index contributed by atoms with van der Waals surface area (Å²) in [5.74, 6) is 0. The van der Waals surface area contributed by atoms with Crippen LogP contribution in [0.15, 0.2) is 21.2 Å². The second kappa shape index (κ2) is 9.09. The van der Waals surface area contributed by atoms with E-state index in [2.05, 4.69) is 49.8 Å². The van der Waals surface area contributed by atoms with E-state index in [1.54, 1.807) is 0 Å². The number of hydrogen-bond donors (Lipinski definition) is 0. The van der Waals surface area contributed by atoms with E-state index in [0.717, 1.165) is 15.5 Å². The van der Waals surface area contributed by atoms with Crippen LogP contribution in [0.5, 0.6) is 0 Å². The lowest BCUT2D eigenvalue weighted by atomic mass is 10.1. The molecule has 3 heteroatoms. The molecule has 0 aromatic carbocycles. The Morgan fingerprint density at radius 1 is 0.941 bits per heavy atom. The third-order valence-corrected chi connectivity index (χ3v) is 4.07. The Kier molecular flexibility index (Phi) is 8.12. The first-order valence-corrected chi connectivity index (χ1v) is 8.13. The van der Waals surface area contributed by atoms with Crippen molar-refractivity contribution in [3.8, 4) is 0 Å². The smallest absolute Gasteiger partial charge is 0.106 e. The van der Waals surface area contributed by atoms with Crippen LogP contribution in [-0.2, 0) is 6.42 Å². The number of aromatic nitrogens is 1. The molecule has 0 aliphatic carbocycles. The van der Waals surface area contributed by atoms with E-state index in [1.807, 2.05) is 6.07 Å². The fourth-order valence-corrected chi connectivity index (χ4v) is 2.65. The van der Waals surface area contributed by atoms with Gasteiger partial charge in [-0.25, -0.2) is 4.98 Å². The van der Waals surface area contributed by atoms with E-state index in [4.69, 9.17) is 0 Å². The molecule has 0 radical (unpaired) electrons. The Bertz CT molecular complexity index is 326. The highest BCUT2D eigenvalue weighted by atomic mass is 79.9. The van der Waals surface area contributed by atoms with Gasteiger partial charge in [0, 0.05) is 4.47 Å². The normalized spacial score (nSPS) is 10.8. The summed E-state index contributed by atoms with van der Waals surface area (Å²) in [5, 5.41) is 0. The maximum atomic E-state index is 4.49. The van der Waals surface area contributed by atoms with Crippen molar-refractivity contribution < 1.29 is 0 Å². The summed E-state index contributed by atoms with van der Waals surface area (Å²) in [5.41, 5.74) is 1.17. The fraction of sp³-hybridized carbons (Fsp3) is 0.643. The number of rotatable bonds is 8. The van der Waals surface area contributed by atoms with E-state index in [1.165, 1.54) is 50.6 Å². The number of unbranched alkanes of at least 4 members (excludes halogenated alkanes) is 6. The number of hydrogen-bond acceptors (Lipinski definition) is 1. The van der Waals surface area contributed by atoms with Crippen LogP contribution in [0.3, 0.4) is 0 Å². The summed E-state index contributed by atoms with van der Waals surface area (Å²) >= 11 is 6.97. The SMILES string of the molecule is CCCCCCCCCc1nc(Br)ccc1Br. The summed E-state index contributed by atoms with van der Waals surface area (Å²) < 4.78 is 2.06. The average Bonchev–Trinajstić information content (AvgIpc) is 2.32. The molecular weight excluding hydrogens is 342 g/mol. The number of aryl methyl sites for hydroxylation is 1. The van der Waals surface area contributed by atoms with Crippen LogP contribution in [0.2, 0.25) is 0 Å². The Hall–Kier alpha value is 0.110.